The van der Waals surface area contributed by atoms with Crippen LogP contribution in [-0.4, -0.2) is 12.1 Å². The molecule has 0 N–H and O–H groups in total. The molecule has 0 atom stereocenters. The van der Waals surface area contributed by atoms with Gasteiger partial charge in [-0.1, -0.05) is 47.5 Å². The number of ether oxygens (including phenoxy) is 1. The number of unbranched alkanes of at least 4 members (excludes halogenated alkanes) is 2. The van der Waals surface area contributed by atoms with Gasteiger partial charge in [-0.3, -0.25) is 4.79 Å². The summed E-state index contributed by atoms with van der Waals surface area (Å²) in [5.74, 6) is -0.0190. The summed E-state index contributed by atoms with van der Waals surface area (Å²) in [5.41, 5.74) is 0.413. The van der Waals surface area contributed by atoms with Crippen LogP contribution >= 0.6 is 0 Å². The van der Waals surface area contributed by atoms with Crippen LogP contribution in [-0.2, 0) is 9.53 Å². The van der Waals surface area contributed by atoms with Gasteiger partial charge >= 0.3 is 5.97 Å². The molecule has 0 saturated carbocycles. The van der Waals surface area contributed by atoms with Crippen LogP contribution < -0.4 is 0 Å². The van der Waals surface area contributed by atoms with Gasteiger partial charge in [-0.2, -0.15) is 0 Å². The fourth-order valence-electron chi connectivity index (χ4n) is 1.80. The molecule has 2 heteroatoms. The van der Waals surface area contributed by atoms with Crippen LogP contribution in [0.15, 0.2) is 0 Å². The van der Waals surface area contributed by atoms with Crippen molar-refractivity contribution < 1.29 is 9.53 Å². The Labute approximate surface area is 107 Å². The maximum atomic E-state index is 11.5. The maximum absolute atomic E-state index is 11.5. The monoisotopic (exact) mass is 242 g/mol. The van der Waals surface area contributed by atoms with Gasteiger partial charge in [0, 0.05) is 6.42 Å². The van der Waals surface area contributed by atoms with Crippen LogP contribution in [0.5, 0.6) is 0 Å². The van der Waals surface area contributed by atoms with Crippen LogP contribution in [0.25, 0.3) is 0 Å². The summed E-state index contributed by atoms with van der Waals surface area (Å²) >= 11 is 0. The van der Waals surface area contributed by atoms with Gasteiger partial charge in [0.2, 0.25) is 0 Å². The summed E-state index contributed by atoms with van der Waals surface area (Å²) in [6.45, 7) is 10.9. The number of carbonyl (C=O) groups is 1. The molecule has 2 nitrogen and oxygen atoms in total. The molecule has 0 aliphatic carbocycles. The Balaban J connectivity index is 3.52. The van der Waals surface area contributed by atoms with Gasteiger partial charge in [0.05, 0.1) is 0 Å². The van der Waals surface area contributed by atoms with E-state index in [4.69, 9.17) is 4.74 Å². The minimum absolute atomic E-state index is 0.0190. The van der Waals surface area contributed by atoms with Crippen LogP contribution in [0.1, 0.15) is 79.6 Å². The molecular formula is C15H30O2. The summed E-state index contributed by atoms with van der Waals surface area (Å²) in [7, 11) is 0. The summed E-state index contributed by atoms with van der Waals surface area (Å²) in [4.78, 5) is 11.5. The third kappa shape index (κ3) is 10.3. The molecule has 0 unspecified atom stereocenters. The number of rotatable bonds is 8. The summed E-state index contributed by atoms with van der Waals surface area (Å²) in [5, 5.41) is 0. The molecule has 0 aromatic rings. The normalized spacial score (nSPS) is 11.9. The van der Waals surface area contributed by atoms with Crippen LogP contribution in [0.3, 0.4) is 0 Å². The van der Waals surface area contributed by atoms with E-state index in [9.17, 15) is 4.79 Å². The van der Waals surface area contributed by atoms with Crippen molar-refractivity contribution >= 4 is 5.97 Å². The second kappa shape index (κ2) is 8.54. The Kier molecular flexibility index (Phi) is 8.28. The average Bonchev–Trinajstić information content (AvgIpc) is 2.23. The van der Waals surface area contributed by atoms with Gasteiger partial charge in [-0.25, -0.2) is 0 Å². The molecule has 0 aromatic heterocycles. The third-order valence-corrected chi connectivity index (χ3v) is 3.02. The first-order valence-corrected chi connectivity index (χ1v) is 7.08. The van der Waals surface area contributed by atoms with Crippen molar-refractivity contribution in [1.82, 2.24) is 0 Å². The maximum Gasteiger partial charge on any atom is 0.306 e. The molecule has 0 amide bonds. The van der Waals surface area contributed by atoms with Crippen molar-refractivity contribution in [3.63, 3.8) is 0 Å². The number of carbonyl (C=O) groups excluding carboxylic acids is 1. The molecule has 0 radical (unpaired) electrons. The summed E-state index contributed by atoms with van der Waals surface area (Å²) in [6, 6.07) is 0. The number of hydrogen-bond acceptors (Lipinski definition) is 2. The Bertz CT molecular complexity index is 199. The minimum Gasteiger partial charge on any atom is -0.462 e. The lowest BCUT2D eigenvalue weighted by atomic mass is 9.89. The molecule has 0 aliphatic rings. The van der Waals surface area contributed by atoms with Gasteiger partial charge in [0.15, 0.2) is 0 Å². The molecule has 0 spiro atoms. The zero-order valence-electron chi connectivity index (χ0n) is 12.3. The zero-order valence-corrected chi connectivity index (χ0v) is 12.3. The Morgan fingerprint density at radius 3 is 2.12 bits per heavy atom. The largest absolute Gasteiger partial charge is 0.462 e. The lowest BCUT2D eigenvalue weighted by Gasteiger charge is -2.17. The standard InChI is InChI=1S/C15H30O2/c1-6-13(7-2)17-14(16)11-9-8-10-12-15(3,4)5/h13H,6-12H2,1-5H3. The van der Waals surface area contributed by atoms with Crippen molar-refractivity contribution in [2.24, 2.45) is 5.41 Å². The first-order chi connectivity index (χ1) is 7.89. The highest BCUT2D eigenvalue weighted by molar-refractivity contribution is 5.69. The molecule has 0 rings (SSSR count). The minimum atomic E-state index is -0.0190. The van der Waals surface area contributed by atoms with E-state index in [1.807, 2.05) is 0 Å². The van der Waals surface area contributed by atoms with E-state index in [2.05, 4.69) is 34.6 Å². The van der Waals surface area contributed by atoms with Gasteiger partial charge < -0.3 is 4.74 Å². The fourth-order valence-corrected chi connectivity index (χ4v) is 1.80. The number of esters is 1. The lowest BCUT2D eigenvalue weighted by molar-refractivity contribution is -0.149. The predicted octanol–water partition coefficient (Wildman–Crippen LogP) is 4.71. The SMILES string of the molecule is CCC(CC)OC(=O)CCCCCC(C)(C)C. The smallest absolute Gasteiger partial charge is 0.306 e. The molecule has 0 aromatic carbocycles. The van der Waals surface area contributed by atoms with E-state index in [0.717, 1.165) is 25.7 Å². The van der Waals surface area contributed by atoms with Crippen molar-refractivity contribution in [3.05, 3.63) is 0 Å². The van der Waals surface area contributed by atoms with E-state index in [-0.39, 0.29) is 12.1 Å². The molecule has 0 heterocycles. The van der Waals surface area contributed by atoms with E-state index in [1.165, 1.54) is 12.8 Å². The molecule has 17 heavy (non-hydrogen) atoms. The van der Waals surface area contributed by atoms with Gasteiger partial charge in [-0.05, 0) is 31.1 Å². The van der Waals surface area contributed by atoms with Crippen molar-refractivity contribution in [3.8, 4) is 0 Å². The molecule has 102 valence electrons. The molecule has 0 saturated heterocycles. The molecule has 0 aliphatic heterocycles. The van der Waals surface area contributed by atoms with Crippen molar-refractivity contribution in [1.29, 1.82) is 0 Å². The molecule has 0 fully saturated rings. The third-order valence-electron chi connectivity index (χ3n) is 3.02. The predicted molar refractivity (Wildman–Crippen MR) is 73.0 cm³/mol. The fraction of sp³-hybridized carbons (Fsp3) is 0.933. The van der Waals surface area contributed by atoms with E-state index in [0.29, 0.717) is 11.8 Å². The second-order valence-corrected chi connectivity index (χ2v) is 6.05. The Morgan fingerprint density at radius 1 is 1.06 bits per heavy atom. The molecule has 0 bridgehead atoms. The highest BCUT2D eigenvalue weighted by Gasteiger charge is 2.11. The van der Waals surface area contributed by atoms with E-state index >= 15 is 0 Å². The first kappa shape index (κ1) is 16.5. The van der Waals surface area contributed by atoms with Crippen molar-refractivity contribution in [2.75, 3.05) is 0 Å². The van der Waals surface area contributed by atoms with Gasteiger partial charge in [0.25, 0.3) is 0 Å². The first-order valence-electron chi connectivity index (χ1n) is 7.08. The summed E-state index contributed by atoms with van der Waals surface area (Å²) in [6.07, 6.45) is 7.09. The number of hydrogen-bond donors (Lipinski definition) is 0. The quantitative estimate of drug-likeness (QED) is 0.455. The van der Waals surface area contributed by atoms with Gasteiger partial charge in [-0.15, -0.1) is 0 Å². The van der Waals surface area contributed by atoms with Gasteiger partial charge in [0.1, 0.15) is 6.10 Å². The molecular weight excluding hydrogens is 212 g/mol. The van der Waals surface area contributed by atoms with E-state index < -0.39 is 0 Å². The van der Waals surface area contributed by atoms with Crippen LogP contribution in [0, 0.1) is 5.41 Å². The summed E-state index contributed by atoms with van der Waals surface area (Å²) < 4.78 is 5.36. The highest BCUT2D eigenvalue weighted by Crippen LogP contribution is 2.22. The van der Waals surface area contributed by atoms with Crippen LogP contribution in [0.2, 0.25) is 0 Å². The highest BCUT2D eigenvalue weighted by atomic mass is 16.5. The zero-order chi connectivity index (χ0) is 13.3. The van der Waals surface area contributed by atoms with Crippen molar-refractivity contribution in [2.45, 2.75) is 85.7 Å². The van der Waals surface area contributed by atoms with Crippen LogP contribution in [0.4, 0.5) is 0 Å². The second-order valence-electron chi connectivity index (χ2n) is 6.05. The van der Waals surface area contributed by atoms with E-state index in [1.54, 1.807) is 0 Å². The average molecular weight is 242 g/mol. The lowest BCUT2D eigenvalue weighted by Crippen LogP contribution is -2.16. The Morgan fingerprint density at radius 2 is 1.65 bits per heavy atom. The topological polar surface area (TPSA) is 26.3 Å². The Hall–Kier alpha value is -0.530.